The van der Waals surface area contributed by atoms with Crippen LogP contribution in [0.3, 0.4) is 0 Å². The van der Waals surface area contributed by atoms with Gasteiger partial charge in [-0.15, -0.1) is 0 Å². The van der Waals surface area contributed by atoms with Gasteiger partial charge in [-0.2, -0.15) is 0 Å². The van der Waals surface area contributed by atoms with Gasteiger partial charge in [-0.05, 0) is 30.0 Å². The second kappa shape index (κ2) is 3.30. The lowest BCUT2D eigenvalue weighted by atomic mass is 10.1. The number of carbonyl (C=O) groups is 1. The lowest BCUT2D eigenvalue weighted by molar-refractivity contribution is -0.138. The number of aromatic nitrogens is 1. The van der Waals surface area contributed by atoms with Crippen LogP contribution in [0.2, 0.25) is 0 Å². The van der Waals surface area contributed by atoms with Gasteiger partial charge < -0.3 is 5.11 Å². The third kappa shape index (κ3) is 1.45. The third-order valence-corrected chi connectivity index (χ3v) is 3.17. The van der Waals surface area contributed by atoms with E-state index in [1.807, 2.05) is 30.3 Å². The SMILES string of the molecule is O=C(O)C1CC1c1ccc2cccnc2c1. The molecule has 2 unspecified atom stereocenters. The number of carboxylic acids is 1. The number of hydrogen-bond acceptors (Lipinski definition) is 2. The average molecular weight is 213 g/mol. The van der Waals surface area contributed by atoms with Gasteiger partial charge in [0.25, 0.3) is 0 Å². The Kier molecular flexibility index (Phi) is 1.93. The molecule has 3 nitrogen and oxygen atoms in total. The topological polar surface area (TPSA) is 50.2 Å². The number of nitrogens with zero attached hydrogens (tertiary/aromatic N) is 1. The van der Waals surface area contributed by atoms with E-state index in [2.05, 4.69) is 4.98 Å². The fourth-order valence-electron chi connectivity index (χ4n) is 2.15. The van der Waals surface area contributed by atoms with Crippen LogP contribution in [-0.4, -0.2) is 16.1 Å². The predicted octanol–water partition coefficient (Wildman–Crippen LogP) is 2.42. The molecule has 0 bridgehead atoms. The summed E-state index contributed by atoms with van der Waals surface area (Å²) in [6.45, 7) is 0. The number of pyridine rings is 1. The Morgan fingerprint density at radius 2 is 2.25 bits per heavy atom. The molecule has 3 rings (SSSR count). The van der Waals surface area contributed by atoms with Gasteiger partial charge in [0.05, 0.1) is 11.4 Å². The largest absolute Gasteiger partial charge is 0.481 e. The summed E-state index contributed by atoms with van der Waals surface area (Å²) in [5.74, 6) is -0.698. The molecule has 1 heterocycles. The third-order valence-electron chi connectivity index (χ3n) is 3.17. The highest BCUT2D eigenvalue weighted by Crippen LogP contribution is 2.47. The molecule has 1 aliphatic rings. The van der Waals surface area contributed by atoms with E-state index in [0.29, 0.717) is 0 Å². The molecule has 1 aromatic carbocycles. The van der Waals surface area contributed by atoms with Crippen LogP contribution in [0.15, 0.2) is 36.5 Å². The van der Waals surface area contributed by atoms with Gasteiger partial charge in [0.15, 0.2) is 0 Å². The molecule has 80 valence electrons. The highest BCUT2D eigenvalue weighted by molar-refractivity contribution is 5.80. The van der Waals surface area contributed by atoms with Crippen molar-refractivity contribution in [2.45, 2.75) is 12.3 Å². The quantitative estimate of drug-likeness (QED) is 0.833. The molecule has 1 N–H and O–H groups in total. The normalized spacial score (nSPS) is 23.2. The number of benzene rings is 1. The molecule has 1 aliphatic carbocycles. The Morgan fingerprint density at radius 3 is 3.00 bits per heavy atom. The zero-order chi connectivity index (χ0) is 11.1. The van der Waals surface area contributed by atoms with Crippen LogP contribution in [-0.2, 0) is 4.79 Å². The first kappa shape index (κ1) is 9.33. The molecular weight excluding hydrogens is 202 g/mol. The number of fused-ring (bicyclic) bond motifs is 1. The lowest BCUT2D eigenvalue weighted by Gasteiger charge is -2.01. The van der Waals surface area contributed by atoms with Crippen LogP contribution >= 0.6 is 0 Å². The maximum absolute atomic E-state index is 10.8. The molecular formula is C13H11NO2. The van der Waals surface area contributed by atoms with Gasteiger partial charge in [0.1, 0.15) is 0 Å². The van der Waals surface area contributed by atoms with E-state index in [4.69, 9.17) is 5.11 Å². The molecule has 0 radical (unpaired) electrons. The van der Waals surface area contributed by atoms with Crippen LogP contribution < -0.4 is 0 Å². The maximum Gasteiger partial charge on any atom is 0.307 e. The van der Waals surface area contributed by atoms with Gasteiger partial charge in [0, 0.05) is 11.6 Å². The molecule has 1 saturated carbocycles. The summed E-state index contributed by atoms with van der Waals surface area (Å²) in [6.07, 6.45) is 2.52. The van der Waals surface area contributed by atoms with Gasteiger partial charge in [0.2, 0.25) is 0 Å². The zero-order valence-corrected chi connectivity index (χ0v) is 8.63. The van der Waals surface area contributed by atoms with E-state index in [9.17, 15) is 4.79 Å². The fourth-order valence-corrected chi connectivity index (χ4v) is 2.15. The van der Waals surface area contributed by atoms with E-state index in [-0.39, 0.29) is 11.8 Å². The van der Waals surface area contributed by atoms with E-state index in [1.165, 1.54) is 0 Å². The maximum atomic E-state index is 10.8. The summed E-state index contributed by atoms with van der Waals surface area (Å²) in [4.78, 5) is 15.1. The number of aliphatic carboxylic acids is 1. The highest BCUT2D eigenvalue weighted by atomic mass is 16.4. The average Bonchev–Trinajstić information content (AvgIpc) is 3.08. The Morgan fingerprint density at radius 1 is 1.38 bits per heavy atom. The lowest BCUT2D eigenvalue weighted by Crippen LogP contribution is -1.98. The Bertz CT molecular complexity index is 565. The van der Waals surface area contributed by atoms with Crippen molar-refractivity contribution in [2.75, 3.05) is 0 Å². The van der Waals surface area contributed by atoms with Crippen molar-refractivity contribution in [3.8, 4) is 0 Å². The summed E-state index contributed by atoms with van der Waals surface area (Å²) >= 11 is 0. The standard InChI is InChI=1S/C13H11NO2/c15-13(16)11-7-10(11)9-4-3-8-2-1-5-14-12(8)6-9/h1-6,10-11H,7H2,(H,15,16). The van der Waals surface area contributed by atoms with Gasteiger partial charge in [-0.1, -0.05) is 18.2 Å². The van der Waals surface area contributed by atoms with Gasteiger partial charge in [-0.3, -0.25) is 9.78 Å². The Hall–Kier alpha value is -1.90. The number of hydrogen-bond donors (Lipinski definition) is 1. The van der Waals surface area contributed by atoms with Crippen molar-refractivity contribution in [1.82, 2.24) is 4.98 Å². The van der Waals surface area contributed by atoms with Crippen LogP contribution in [0.25, 0.3) is 10.9 Å². The minimum atomic E-state index is -0.689. The Labute approximate surface area is 92.7 Å². The van der Waals surface area contributed by atoms with Crippen LogP contribution in [0.1, 0.15) is 17.9 Å². The van der Waals surface area contributed by atoms with Crippen molar-refractivity contribution in [1.29, 1.82) is 0 Å². The molecule has 0 spiro atoms. The van der Waals surface area contributed by atoms with E-state index >= 15 is 0 Å². The number of rotatable bonds is 2. The van der Waals surface area contributed by atoms with Crippen LogP contribution in [0.5, 0.6) is 0 Å². The fraction of sp³-hybridized carbons (Fsp3) is 0.231. The Balaban J connectivity index is 1.98. The summed E-state index contributed by atoms with van der Waals surface area (Å²) in [5.41, 5.74) is 2.04. The van der Waals surface area contributed by atoms with Gasteiger partial charge >= 0.3 is 5.97 Å². The van der Waals surface area contributed by atoms with Crippen molar-refractivity contribution in [2.24, 2.45) is 5.92 Å². The van der Waals surface area contributed by atoms with Gasteiger partial charge in [-0.25, -0.2) is 0 Å². The van der Waals surface area contributed by atoms with Crippen LogP contribution in [0.4, 0.5) is 0 Å². The van der Waals surface area contributed by atoms with Crippen LogP contribution in [0, 0.1) is 5.92 Å². The van der Waals surface area contributed by atoms with Crippen molar-refractivity contribution in [3.05, 3.63) is 42.1 Å². The molecule has 2 aromatic rings. The predicted molar refractivity (Wildman–Crippen MR) is 60.2 cm³/mol. The molecule has 16 heavy (non-hydrogen) atoms. The first-order chi connectivity index (χ1) is 7.75. The van der Waals surface area contributed by atoms with Crippen molar-refractivity contribution in [3.63, 3.8) is 0 Å². The highest BCUT2D eigenvalue weighted by Gasteiger charge is 2.44. The first-order valence-electron chi connectivity index (χ1n) is 5.33. The minimum Gasteiger partial charge on any atom is -0.481 e. The first-order valence-corrected chi connectivity index (χ1v) is 5.33. The van der Waals surface area contributed by atoms with Crippen molar-refractivity contribution >= 4 is 16.9 Å². The molecule has 2 atom stereocenters. The second-order valence-corrected chi connectivity index (χ2v) is 4.24. The zero-order valence-electron chi connectivity index (χ0n) is 8.63. The molecule has 3 heteroatoms. The summed E-state index contributed by atoms with van der Waals surface area (Å²) in [7, 11) is 0. The molecule has 0 amide bonds. The molecule has 1 aromatic heterocycles. The minimum absolute atomic E-state index is 0.184. The van der Waals surface area contributed by atoms with E-state index in [0.717, 1.165) is 22.9 Å². The second-order valence-electron chi connectivity index (χ2n) is 4.24. The summed E-state index contributed by atoms with van der Waals surface area (Å²) < 4.78 is 0. The van der Waals surface area contributed by atoms with E-state index < -0.39 is 5.97 Å². The molecule has 1 fully saturated rings. The monoisotopic (exact) mass is 213 g/mol. The summed E-state index contributed by atoms with van der Waals surface area (Å²) in [6, 6.07) is 9.93. The van der Waals surface area contributed by atoms with Crippen molar-refractivity contribution < 1.29 is 9.90 Å². The summed E-state index contributed by atoms with van der Waals surface area (Å²) in [5, 5.41) is 9.98. The molecule has 0 saturated heterocycles. The van der Waals surface area contributed by atoms with E-state index in [1.54, 1.807) is 6.20 Å². The molecule has 0 aliphatic heterocycles. The number of carboxylic acid groups (broad SMARTS) is 1. The smallest absolute Gasteiger partial charge is 0.307 e.